The summed E-state index contributed by atoms with van der Waals surface area (Å²) in [6, 6.07) is 0. The first-order valence-corrected chi connectivity index (χ1v) is 8.10. The Morgan fingerprint density at radius 2 is 1.90 bits per heavy atom. The fraction of sp³-hybridized carbons (Fsp3) is 0.727. The lowest BCUT2D eigenvalue weighted by Gasteiger charge is -2.20. The standard InChI is InChI=1S/C11H16Cl3N3O2S/c1-3-5-17(6-4-2)8(18)7-19-10-15-9(16-20-10)11(12,13)14/h3-7H2,1-2H3. The molecular formula is C11H16Cl3N3O2S. The number of carbonyl (C=O) groups is 1. The lowest BCUT2D eigenvalue weighted by atomic mass is 10.3. The summed E-state index contributed by atoms with van der Waals surface area (Å²) in [6.45, 7) is 5.38. The van der Waals surface area contributed by atoms with Crippen LogP contribution in [0, 0.1) is 0 Å². The van der Waals surface area contributed by atoms with Crippen molar-refractivity contribution in [1.82, 2.24) is 14.3 Å². The summed E-state index contributed by atoms with van der Waals surface area (Å²) < 4.78 is 7.48. The minimum absolute atomic E-state index is 0.0499. The molecule has 5 nitrogen and oxygen atoms in total. The molecule has 0 bridgehead atoms. The number of halogens is 3. The van der Waals surface area contributed by atoms with Gasteiger partial charge in [-0.3, -0.25) is 4.79 Å². The average Bonchev–Trinajstić information content (AvgIpc) is 2.84. The van der Waals surface area contributed by atoms with E-state index in [1.54, 1.807) is 4.90 Å². The Labute approximate surface area is 137 Å². The largest absolute Gasteiger partial charge is 0.459 e. The van der Waals surface area contributed by atoms with Gasteiger partial charge in [-0.1, -0.05) is 48.7 Å². The molecule has 1 rings (SSSR count). The maximum absolute atomic E-state index is 12.0. The van der Waals surface area contributed by atoms with Crippen molar-refractivity contribution in [1.29, 1.82) is 0 Å². The van der Waals surface area contributed by atoms with E-state index in [-0.39, 0.29) is 23.5 Å². The van der Waals surface area contributed by atoms with Gasteiger partial charge in [0.05, 0.1) is 0 Å². The molecule has 0 saturated carbocycles. The van der Waals surface area contributed by atoms with E-state index in [4.69, 9.17) is 39.5 Å². The molecule has 9 heteroatoms. The lowest BCUT2D eigenvalue weighted by molar-refractivity contribution is -0.133. The topological polar surface area (TPSA) is 55.3 Å². The second-order valence-electron chi connectivity index (χ2n) is 4.05. The second kappa shape index (κ2) is 8.22. The monoisotopic (exact) mass is 359 g/mol. The molecule has 1 aromatic rings. The molecule has 1 aromatic heterocycles. The van der Waals surface area contributed by atoms with Gasteiger partial charge in [-0.2, -0.15) is 9.36 Å². The highest BCUT2D eigenvalue weighted by Gasteiger charge is 2.29. The number of ether oxygens (including phenoxy) is 1. The molecule has 1 heterocycles. The highest BCUT2D eigenvalue weighted by Crippen LogP contribution is 2.37. The van der Waals surface area contributed by atoms with Crippen LogP contribution in [0.15, 0.2) is 0 Å². The molecule has 0 fully saturated rings. The number of carbonyl (C=O) groups excluding carboxylic acids is 1. The molecule has 0 aliphatic heterocycles. The molecule has 0 aliphatic rings. The third-order valence-corrected chi connectivity index (χ3v) is 3.46. The van der Waals surface area contributed by atoms with E-state index in [9.17, 15) is 4.79 Å². The van der Waals surface area contributed by atoms with Gasteiger partial charge in [-0.15, -0.1) is 0 Å². The number of alkyl halides is 3. The molecule has 0 unspecified atom stereocenters. The van der Waals surface area contributed by atoms with Crippen molar-refractivity contribution in [2.45, 2.75) is 30.5 Å². The van der Waals surface area contributed by atoms with E-state index in [1.807, 2.05) is 13.8 Å². The van der Waals surface area contributed by atoms with Crippen LogP contribution in [0.4, 0.5) is 0 Å². The molecule has 20 heavy (non-hydrogen) atoms. The quantitative estimate of drug-likeness (QED) is 0.699. The van der Waals surface area contributed by atoms with Gasteiger partial charge in [0.1, 0.15) is 0 Å². The van der Waals surface area contributed by atoms with Gasteiger partial charge in [0, 0.05) is 24.6 Å². The summed E-state index contributed by atoms with van der Waals surface area (Å²) in [6.07, 6.45) is 1.81. The van der Waals surface area contributed by atoms with Crippen molar-refractivity contribution in [3.63, 3.8) is 0 Å². The van der Waals surface area contributed by atoms with Gasteiger partial charge in [-0.25, -0.2) is 0 Å². The van der Waals surface area contributed by atoms with Crippen molar-refractivity contribution in [3.8, 4) is 5.19 Å². The van der Waals surface area contributed by atoms with Crippen LogP contribution in [0.5, 0.6) is 5.19 Å². The van der Waals surface area contributed by atoms with E-state index in [0.29, 0.717) is 13.1 Å². The number of hydrogen-bond donors (Lipinski definition) is 0. The molecule has 1 amide bonds. The molecule has 0 N–H and O–H groups in total. The fourth-order valence-corrected chi connectivity index (χ4v) is 2.48. The van der Waals surface area contributed by atoms with E-state index in [2.05, 4.69) is 9.36 Å². The van der Waals surface area contributed by atoms with Crippen LogP contribution in [0.3, 0.4) is 0 Å². The minimum atomic E-state index is -1.68. The SMILES string of the molecule is CCCN(CCC)C(=O)COc1nc(C(Cl)(Cl)Cl)ns1. The average molecular weight is 361 g/mol. The van der Waals surface area contributed by atoms with Gasteiger partial charge in [0.15, 0.2) is 12.4 Å². The van der Waals surface area contributed by atoms with Crippen molar-refractivity contribution in [3.05, 3.63) is 5.82 Å². The van der Waals surface area contributed by atoms with Gasteiger partial charge in [0.2, 0.25) is 0 Å². The summed E-state index contributed by atoms with van der Waals surface area (Å²) in [5, 5.41) is 0.215. The summed E-state index contributed by atoms with van der Waals surface area (Å²) in [5.41, 5.74) is 0. The van der Waals surface area contributed by atoms with E-state index >= 15 is 0 Å². The van der Waals surface area contributed by atoms with Crippen LogP contribution in [0.1, 0.15) is 32.5 Å². The van der Waals surface area contributed by atoms with Crippen molar-refractivity contribution < 1.29 is 9.53 Å². The zero-order valence-electron chi connectivity index (χ0n) is 11.2. The van der Waals surface area contributed by atoms with Crippen LogP contribution in [0.2, 0.25) is 0 Å². The van der Waals surface area contributed by atoms with E-state index in [0.717, 1.165) is 24.4 Å². The van der Waals surface area contributed by atoms with Crippen LogP contribution in [0.25, 0.3) is 0 Å². The highest BCUT2D eigenvalue weighted by atomic mass is 35.6. The Balaban J connectivity index is 2.53. The molecule has 0 atom stereocenters. The first-order valence-electron chi connectivity index (χ1n) is 6.20. The summed E-state index contributed by atoms with van der Waals surface area (Å²) in [5.74, 6) is -0.0340. The van der Waals surface area contributed by atoms with E-state index in [1.165, 1.54) is 0 Å². The molecule has 0 radical (unpaired) electrons. The molecule has 0 aliphatic carbocycles. The number of hydrogen-bond acceptors (Lipinski definition) is 5. The van der Waals surface area contributed by atoms with Crippen LogP contribution in [-0.4, -0.2) is 39.9 Å². The van der Waals surface area contributed by atoms with Crippen LogP contribution < -0.4 is 4.74 Å². The molecule has 114 valence electrons. The second-order valence-corrected chi connectivity index (χ2v) is 7.05. The Hall–Kier alpha value is -0.300. The fourth-order valence-electron chi connectivity index (χ4n) is 1.50. The van der Waals surface area contributed by atoms with Gasteiger partial charge in [-0.05, 0) is 12.8 Å². The maximum Gasteiger partial charge on any atom is 0.293 e. The first-order chi connectivity index (χ1) is 9.38. The minimum Gasteiger partial charge on any atom is -0.459 e. The summed E-state index contributed by atoms with van der Waals surface area (Å²) in [7, 11) is 0. The van der Waals surface area contributed by atoms with Crippen molar-refractivity contribution in [2.75, 3.05) is 19.7 Å². The van der Waals surface area contributed by atoms with Crippen molar-refractivity contribution in [2.24, 2.45) is 0 Å². The Morgan fingerprint density at radius 1 is 1.30 bits per heavy atom. The van der Waals surface area contributed by atoms with Crippen molar-refractivity contribution >= 4 is 52.2 Å². The number of amides is 1. The smallest absolute Gasteiger partial charge is 0.293 e. The van der Waals surface area contributed by atoms with E-state index < -0.39 is 3.79 Å². The number of rotatable bonds is 7. The Morgan fingerprint density at radius 3 is 2.35 bits per heavy atom. The van der Waals surface area contributed by atoms with Gasteiger partial charge >= 0.3 is 0 Å². The Bertz CT molecular complexity index is 431. The molecule has 0 spiro atoms. The van der Waals surface area contributed by atoms with Crippen LogP contribution in [-0.2, 0) is 8.59 Å². The number of nitrogens with zero attached hydrogens (tertiary/aromatic N) is 3. The third-order valence-electron chi connectivity index (χ3n) is 2.32. The number of aromatic nitrogens is 2. The molecular weight excluding hydrogens is 345 g/mol. The van der Waals surface area contributed by atoms with Gasteiger partial charge in [0.25, 0.3) is 14.9 Å². The predicted octanol–water partition coefficient (Wildman–Crippen LogP) is 3.39. The predicted molar refractivity (Wildman–Crippen MR) is 81.8 cm³/mol. The summed E-state index contributed by atoms with van der Waals surface area (Å²) >= 11 is 17.9. The zero-order valence-corrected chi connectivity index (χ0v) is 14.3. The van der Waals surface area contributed by atoms with Gasteiger partial charge < -0.3 is 9.64 Å². The Kier molecular flexibility index (Phi) is 7.29. The first kappa shape index (κ1) is 17.8. The maximum atomic E-state index is 12.0. The molecule has 0 saturated heterocycles. The lowest BCUT2D eigenvalue weighted by Crippen LogP contribution is -2.36. The summed E-state index contributed by atoms with van der Waals surface area (Å²) in [4.78, 5) is 17.7. The third kappa shape index (κ3) is 5.60. The normalized spacial score (nSPS) is 11.4. The van der Waals surface area contributed by atoms with Crippen LogP contribution >= 0.6 is 46.3 Å². The zero-order chi connectivity index (χ0) is 15.2. The molecule has 0 aromatic carbocycles. The highest BCUT2D eigenvalue weighted by molar-refractivity contribution is 7.07.